The number of fused-ring (bicyclic) bond motifs is 1. The molecule has 2 aliphatic rings. The minimum absolute atomic E-state index is 0.126. The molecule has 3 aromatic rings. The molecule has 37 heavy (non-hydrogen) atoms. The number of carbonyl (C=O) groups is 1. The van der Waals surface area contributed by atoms with Crippen molar-refractivity contribution in [2.75, 3.05) is 18.0 Å². The fourth-order valence-electron chi connectivity index (χ4n) is 5.33. The molecule has 1 aromatic carbocycles. The Bertz CT molecular complexity index is 1340. The van der Waals surface area contributed by atoms with Gasteiger partial charge in [-0.05, 0) is 37.1 Å². The van der Waals surface area contributed by atoms with E-state index in [4.69, 9.17) is 5.73 Å². The first kappa shape index (κ1) is 25.3. The van der Waals surface area contributed by atoms with E-state index in [0.717, 1.165) is 35.5 Å². The minimum atomic E-state index is -0.989. The zero-order chi connectivity index (χ0) is 26.4. The molecule has 1 saturated heterocycles. The third-order valence-corrected chi connectivity index (χ3v) is 7.20. The molecular weight excluding hydrogens is 485 g/mol. The summed E-state index contributed by atoms with van der Waals surface area (Å²) in [6.07, 6.45) is 1.06. The van der Waals surface area contributed by atoms with E-state index in [1.54, 1.807) is 0 Å². The van der Waals surface area contributed by atoms with Crippen LogP contribution in [0.2, 0.25) is 0 Å². The van der Waals surface area contributed by atoms with E-state index in [2.05, 4.69) is 9.97 Å². The van der Waals surface area contributed by atoms with Crippen LogP contribution in [0.25, 0.3) is 11.3 Å². The predicted molar refractivity (Wildman–Crippen MR) is 130 cm³/mol. The van der Waals surface area contributed by atoms with Crippen LogP contribution in [0, 0.1) is 23.4 Å². The summed E-state index contributed by atoms with van der Waals surface area (Å²) in [4.78, 5) is 23.7. The summed E-state index contributed by atoms with van der Waals surface area (Å²) in [5.74, 6) is -3.55. The molecule has 4 atom stereocenters. The molecule has 0 radical (unpaired) electrons. The maximum atomic E-state index is 14.5. The lowest BCUT2D eigenvalue weighted by Crippen LogP contribution is -2.56. The highest BCUT2D eigenvalue weighted by molar-refractivity contribution is 5.97. The van der Waals surface area contributed by atoms with Crippen LogP contribution in [0.15, 0.2) is 36.5 Å². The summed E-state index contributed by atoms with van der Waals surface area (Å²) in [7, 11) is 0. The van der Waals surface area contributed by atoms with Gasteiger partial charge in [0.25, 0.3) is 0 Å². The number of benzene rings is 1. The molecule has 0 unspecified atom stereocenters. The highest BCUT2D eigenvalue weighted by Gasteiger charge is 2.35. The molecular formula is C27H27F3N4O3. The quantitative estimate of drug-likeness (QED) is 0.451. The summed E-state index contributed by atoms with van der Waals surface area (Å²) in [5, 5.41) is 20.7. The van der Waals surface area contributed by atoms with Crippen LogP contribution < -0.4 is 10.6 Å². The minimum Gasteiger partial charge on any atom is -0.391 e. The number of pyridine rings is 2. The Kier molecular flexibility index (Phi) is 6.74. The van der Waals surface area contributed by atoms with Gasteiger partial charge in [0.15, 0.2) is 5.78 Å². The molecule has 1 fully saturated rings. The molecule has 194 valence electrons. The number of aromatic nitrogens is 2. The van der Waals surface area contributed by atoms with Crippen molar-refractivity contribution in [2.45, 2.75) is 44.4 Å². The van der Waals surface area contributed by atoms with Crippen LogP contribution in [0.3, 0.4) is 0 Å². The Labute approximate surface area is 211 Å². The molecule has 10 heteroatoms. The molecule has 7 nitrogen and oxygen atoms in total. The van der Waals surface area contributed by atoms with Gasteiger partial charge in [-0.1, -0.05) is 13.0 Å². The Morgan fingerprint density at radius 1 is 1.11 bits per heavy atom. The summed E-state index contributed by atoms with van der Waals surface area (Å²) in [5.41, 5.74) is 7.51. The number of anilines is 1. The van der Waals surface area contributed by atoms with Crippen LogP contribution in [0.4, 0.5) is 18.9 Å². The Hall–Kier alpha value is -3.34. The predicted octanol–water partition coefficient (Wildman–Crippen LogP) is 3.11. The SMILES string of the molecule is C[C@H]1CN(c2c(CC(=O)c3ccc(F)c(-c4c(F)cccc4F)n3)cnc3c2CC[C@H]3O)C[C@@H](N)[C@@H]1O. The first-order valence-corrected chi connectivity index (χ1v) is 12.2. The number of carbonyl (C=O) groups excluding carboxylic acids is 1. The van der Waals surface area contributed by atoms with Crippen LogP contribution in [0.1, 0.15) is 46.8 Å². The largest absolute Gasteiger partial charge is 0.391 e. The van der Waals surface area contributed by atoms with Gasteiger partial charge in [-0.3, -0.25) is 9.78 Å². The average molecular weight is 513 g/mol. The highest BCUT2D eigenvalue weighted by Crippen LogP contribution is 2.40. The molecule has 5 rings (SSSR count). The molecule has 0 spiro atoms. The monoisotopic (exact) mass is 512 g/mol. The van der Waals surface area contributed by atoms with Crippen LogP contribution in [-0.2, 0) is 12.8 Å². The molecule has 0 saturated carbocycles. The number of nitrogens with zero attached hydrogens (tertiary/aromatic N) is 3. The zero-order valence-electron chi connectivity index (χ0n) is 20.2. The normalized spacial score (nSPS) is 23.3. The number of hydrogen-bond acceptors (Lipinski definition) is 7. The summed E-state index contributed by atoms with van der Waals surface area (Å²) < 4.78 is 43.1. The second-order valence-corrected chi connectivity index (χ2v) is 9.81. The molecule has 0 amide bonds. The Morgan fingerprint density at radius 2 is 1.84 bits per heavy atom. The number of Topliss-reactive ketones (excluding diaryl/α,β-unsaturated/α-hetero) is 1. The number of ketones is 1. The lowest BCUT2D eigenvalue weighted by atomic mass is 9.91. The first-order chi connectivity index (χ1) is 17.7. The van der Waals surface area contributed by atoms with Gasteiger partial charge in [0.2, 0.25) is 0 Å². The van der Waals surface area contributed by atoms with Gasteiger partial charge in [0.1, 0.15) is 28.8 Å². The van der Waals surface area contributed by atoms with E-state index in [1.807, 2.05) is 11.8 Å². The summed E-state index contributed by atoms with van der Waals surface area (Å²) in [6, 6.07) is 4.79. The van der Waals surface area contributed by atoms with Crippen LogP contribution >= 0.6 is 0 Å². The third-order valence-electron chi connectivity index (χ3n) is 7.20. The zero-order valence-corrected chi connectivity index (χ0v) is 20.2. The third kappa shape index (κ3) is 4.60. The maximum absolute atomic E-state index is 14.5. The maximum Gasteiger partial charge on any atom is 0.185 e. The number of aliphatic hydroxyl groups is 2. The van der Waals surface area contributed by atoms with E-state index < -0.39 is 52.7 Å². The number of aliphatic hydroxyl groups excluding tert-OH is 2. The lowest BCUT2D eigenvalue weighted by molar-refractivity contribution is 0.0783. The number of halogens is 3. The summed E-state index contributed by atoms with van der Waals surface area (Å²) in [6.45, 7) is 2.74. The number of nitrogens with two attached hydrogens (primary N) is 1. The average Bonchev–Trinajstić information content (AvgIpc) is 3.23. The number of rotatable bonds is 5. The molecule has 4 N–H and O–H groups in total. The van der Waals surface area contributed by atoms with Crippen molar-refractivity contribution in [2.24, 2.45) is 11.7 Å². The standard InChI is InChI=1S/C27H27F3N4O3/c1-13-11-34(12-19(31)27(13)37)26-14(10-32-24-15(26)5-8-21(24)35)9-22(36)20-7-6-18(30)25(33-20)23-16(28)3-2-4-17(23)29/h2-4,6-7,10,13,19,21,27,35,37H,5,8-9,11-12,31H2,1H3/t13-,19+,21+,27+/m0/s1. The van der Waals surface area contributed by atoms with Gasteiger partial charge < -0.3 is 20.8 Å². The van der Waals surface area contributed by atoms with Gasteiger partial charge in [0, 0.05) is 54.5 Å². The van der Waals surface area contributed by atoms with Crippen LogP contribution in [0.5, 0.6) is 0 Å². The molecule has 2 aromatic heterocycles. The molecule has 1 aliphatic heterocycles. The van der Waals surface area contributed by atoms with Crippen molar-refractivity contribution in [3.05, 3.63) is 76.5 Å². The van der Waals surface area contributed by atoms with Crippen molar-refractivity contribution in [1.82, 2.24) is 9.97 Å². The number of hydrogen-bond donors (Lipinski definition) is 3. The van der Waals surface area contributed by atoms with Gasteiger partial charge in [0.05, 0.1) is 23.5 Å². The lowest BCUT2D eigenvalue weighted by Gasteiger charge is -2.41. The van der Waals surface area contributed by atoms with Gasteiger partial charge in [-0.25, -0.2) is 18.2 Å². The van der Waals surface area contributed by atoms with E-state index >= 15 is 0 Å². The Morgan fingerprint density at radius 3 is 2.54 bits per heavy atom. The van der Waals surface area contributed by atoms with Crippen molar-refractivity contribution >= 4 is 11.5 Å². The second kappa shape index (κ2) is 9.85. The van der Waals surface area contributed by atoms with Crippen molar-refractivity contribution in [3.63, 3.8) is 0 Å². The fourth-order valence-corrected chi connectivity index (χ4v) is 5.33. The van der Waals surface area contributed by atoms with Crippen LogP contribution in [-0.4, -0.2) is 51.2 Å². The number of piperidine rings is 1. The van der Waals surface area contributed by atoms with E-state index in [0.29, 0.717) is 37.2 Å². The molecule has 3 heterocycles. The van der Waals surface area contributed by atoms with Gasteiger partial charge in [-0.2, -0.15) is 0 Å². The second-order valence-electron chi connectivity index (χ2n) is 9.81. The first-order valence-electron chi connectivity index (χ1n) is 12.2. The van der Waals surface area contributed by atoms with Crippen molar-refractivity contribution in [3.8, 4) is 11.3 Å². The van der Waals surface area contributed by atoms with E-state index in [9.17, 15) is 28.2 Å². The smallest absolute Gasteiger partial charge is 0.185 e. The van der Waals surface area contributed by atoms with Gasteiger partial charge >= 0.3 is 0 Å². The van der Waals surface area contributed by atoms with E-state index in [1.165, 1.54) is 12.3 Å². The van der Waals surface area contributed by atoms with E-state index in [-0.39, 0.29) is 18.0 Å². The topological polar surface area (TPSA) is 113 Å². The summed E-state index contributed by atoms with van der Waals surface area (Å²) >= 11 is 0. The Balaban J connectivity index is 1.52. The molecule has 1 aliphatic carbocycles. The van der Waals surface area contributed by atoms with Crippen molar-refractivity contribution in [1.29, 1.82) is 0 Å². The highest BCUT2D eigenvalue weighted by atomic mass is 19.1. The fraction of sp³-hybridized carbons (Fsp3) is 0.370. The van der Waals surface area contributed by atoms with Crippen molar-refractivity contribution < 1.29 is 28.2 Å². The molecule has 0 bridgehead atoms. The van der Waals surface area contributed by atoms with Gasteiger partial charge in [-0.15, -0.1) is 0 Å².